The Hall–Kier alpha value is -1.40. The van der Waals surface area contributed by atoms with E-state index in [-0.39, 0.29) is 23.3 Å². The first kappa shape index (κ1) is 16.5. The van der Waals surface area contributed by atoms with Gasteiger partial charge in [0.15, 0.2) is 9.84 Å². The smallest absolute Gasteiger partial charge is 0.226 e. The van der Waals surface area contributed by atoms with E-state index in [0.29, 0.717) is 19.5 Å². The Balaban J connectivity index is 1.51. The Kier molecular flexibility index (Phi) is 4.73. The monoisotopic (exact) mass is 336 g/mol. The molecule has 1 aromatic carbocycles. The van der Waals surface area contributed by atoms with E-state index in [9.17, 15) is 13.2 Å². The molecule has 0 unspecified atom stereocenters. The standard InChI is InChI=1S/C17H24N2O3S/c1-14-3-2-4-15(11-14)12-18-6-8-19(9-7-18)17(20)16-5-10-23(21,22)13-16/h2-4,11,16H,5-10,12-13H2,1H3/t16-/m0/s1. The van der Waals surface area contributed by atoms with Crippen LogP contribution in [-0.2, 0) is 21.2 Å². The van der Waals surface area contributed by atoms with E-state index in [1.807, 2.05) is 4.90 Å². The zero-order valence-electron chi connectivity index (χ0n) is 13.6. The van der Waals surface area contributed by atoms with E-state index >= 15 is 0 Å². The van der Waals surface area contributed by atoms with E-state index in [0.717, 1.165) is 19.6 Å². The molecule has 2 heterocycles. The molecule has 3 rings (SSSR count). The summed E-state index contributed by atoms with van der Waals surface area (Å²) in [6, 6.07) is 8.50. The molecule has 0 aliphatic carbocycles. The van der Waals surface area contributed by atoms with Crippen LogP contribution >= 0.6 is 0 Å². The summed E-state index contributed by atoms with van der Waals surface area (Å²) in [7, 11) is -2.99. The van der Waals surface area contributed by atoms with Crippen molar-refractivity contribution in [3.05, 3.63) is 35.4 Å². The van der Waals surface area contributed by atoms with Gasteiger partial charge in [0.05, 0.1) is 17.4 Å². The van der Waals surface area contributed by atoms with Gasteiger partial charge in [0.1, 0.15) is 0 Å². The summed E-state index contributed by atoms with van der Waals surface area (Å²) < 4.78 is 23.1. The minimum Gasteiger partial charge on any atom is -0.340 e. The normalized spacial score (nSPS) is 24.7. The molecule has 2 fully saturated rings. The van der Waals surface area contributed by atoms with Crippen molar-refractivity contribution in [2.24, 2.45) is 5.92 Å². The third-order valence-corrected chi connectivity index (χ3v) is 6.52. The van der Waals surface area contributed by atoms with Crippen LogP contribution in [0, 0.1) is 12.8 Å². The number of aryl methyl sites for hydroxylation is 1. The highest BCUT2D eigenvalue weighted by atomic mass is 32.2. The zero-order chi connectivity index (χ0) is 16.4. The van der Waals surface area contributed by atoms with Gasteiger partial charge in [-0.05, 0) is 18.9 Å². The van der Waals surface area contributed by atoms with Crippen LogP contribution in [0.2, 0.25) is 0 Å². The first-order valence-corrected chi connectivity index (χ1v) is 10.0. The van der Waals surface area contributed by atoms with Crippen LogP contribution in [0.3, 0.4) is 0 Å². The van der Waals surface area contributed by atoms with Crippen molar-refractivity contribution >= 4 is 15.7 Å². The van der Waals surface area contributed by atoms with E-state index < -0.39 is 9.84 Å². The van der Waals surface area contributed by atoms with Crippen LogP contribution in [-0.4, -0.2) is 61.8 Å². The van der Waals surface area contributed by atoms with Gasteiger partial charge in [-0.3, -0.25) is 9.69 Å². The van der Waals surface area contributed by atoms with Crippen molar-refractivity contribution in [2.75, 3.05) is 37.7 Å². The molecule has 0 radical (unpaired) electrons. The van der Waals surface area contributed by atoms with Gasteiger partial charge < -0.3 is 4.90 Å². The van der Waals surface area contributed by atoms with E-state index in [4.69, 9.17) is 0 Å². The van der Waals surface area contributed by atoms with Gasteiger partial charge in [-0.2, -0.15) is 0 Å². The molecule has 6 heteroatoms. The molecule has 2 saturated heterocycles. The average molecular weight is 336 g/mol. The van der Waals surface area contributed by atoms with Crippen LogP contribution in [0.1, 0.15) is 17.5 Å². The van der Waals surface area contributed by atoms with Crippen molar-refractivity contribution in [2.45, 2.75) is 19.9 Å². The number of sulfone groups is 1. The van der Waals surface area contributed by atoms with Crippen LogP contribution in [0.4, 0.5) is 0 Å². The molecule has 0 bridgehead atoms. The number of amides is 1. The molecule has 126 valence electrons. The Morgan fingerprint density at radius 1 is 1.22 bits per heavy atom. The van der Waals surface area contributed by atoms with Gasteiger partial charge in [0.2, 0.25) is 5.91 Å². The molecule has 0 spiro atoms. The molecule has 5 nitrogen and oxygen atoms in total. The lowest BCUT2D eigenvalue weighted by molar-refractivity contribution is -0.136. The van der Waals surface area contributed by atoms with E-state index in [1.165, 1.54) is 11.1 Å². The lowest BCUT2D eigenvalue weighted by atomic mass is 10.1. The van der Waals surface area contributed by atoms with Gasteiger partial charge in [-0.15, -0.1) is 0 Å². The number of benzene rings is 1. The topological polar surface area (TPSA) is 57.7 Å². The lowest BCUT2D eigenvalue weighted by Gasteiger charge is -2.35. The van der Waals surface area contributed by atoms with Crippen molar-refractivity contribution in [1.29, 1.82) is 0 Å². The molecule has 1 atom stereocenters. The first-order valence-electron chi connectivity index (χ1n) is 8.20. The predicted molar refractivity (Wildman–Crippen MR) is 89.8 cm³/mol. The van der Waals surface area contributed by atoms with Crippen molar-refractivity contribution < 1.29 is 13.2 Å². The summed E-state index contributed by atoms with van der Waals surface area (Å²) in [6.07, 6.45) is 0.491. The molecular weight excluding hydrogens is 312 g/mol. The Morgan fingerprint density at radius 3 is 2.57 bits per heavy atom. The Bertz CT molecular complexity index is 679. The summed E-state index contributed by atoms with van der Waals surface area (Å²) in [6.45, 7) is 6.08. The number of piperazine rings is 1. The number of nitrogens with zero attached hydrogens (tertiary/aromatic N) is 2. The van der Waals surface area contributed by atoms with Gasteiger partial charge in [0, 0.05) is 32.7 Å². The third kappa shape index (κ3) is 4.12. The first-order chi connectivity index (χ1) is 10.9. The van der Waals surface area contributed by atoms with E-state index in [1.54, 1.807) is 0 Å². The highest BCUT2D eigenvalue weighted by Gasteiger charge is 2.36. The second-order valence-electron chi connectivity index (χ2n) is 6.69. The molecule has 0 N–H and O–H groups in total. The van der Waals surface area contributed by atoms with Gasteiger partial charge in [0.25, 0.3) is 0 Å². The SMILES string of the molecule is Cc1cccc(CN2CCN(C(=O)[C@H]3CCS(=O)(=O)C3)CC2)c1. The summed E-state index contributed by atoms with van der Waals surface area (Å²) in [5.41, 5.74) is 2.56. The molecule has 0 saturated carbocycles. The number of carbonyl (C=O) groups excluding carboxylic acids is 1. The fourth-order valence-corrected chi connectivity index (χ4v) is 5.18. The van der Waals surface area contributed by atoms with Crippen LogP contribution < -0.4 is 0 Å². The molecule has 2 aliphatic heterocycles. The molecule has 2 aliphatic rings. The Morgan fingerprint density at radius 2 is 1.96 bits per heavy atom. The van der Waals surface area contributed by atoms with E-state index in [2.05, 4.69) is 36.1 Å². The molecule has 1 amide bonds. The zero-order valence-corrected chi connectivity index (χ0v) is 14.4. The van der Waals surface area contributed by atoms with Gasteiger partial charge in [-0.25, -0.2) is 8.42 Å². The lowest BCUT2D eigenvalue weighted by Crippen LogP contribution is -2.50. The quantitative estimate of drug-likeness (QED) is 0.829. The summed E-state index contributed by atoms with van der Waals surface area (Å²) in [4.78, 5) is 16.6. The predicted octanol–water partition coefficient (Wildman–Crippen LogP) is 1.07. The average Bonchev–Trinajstić information content (AvgIpc) is 2.87. The Labute approximate surface area is 138 Å². The van der Waals surface area contributed by atoms with Gasteiger partial charge in [-0.1, -0.05) is 29.8 Å². The maximum absolute atomic E-state index is 12.4. The maximum Gasteiger partial charge on any atom is 0.226 e. The molecule has 0 aromatic heterocycles. The van der Waals surface area contributed by atoms with Crippen LogP contribution in [0.25, 0.3) is 0 Å². The highest BCUT2D eigenvalue weighted by Crippen LogP contribution is 2.21. The van der Waals surface area contributed by atoms with Crippen molar-refractivity contribution in [3.8, 4) is 0 Å². The van der Waals surface area contributed by atoms with Crippen molar-refractivity contribution in [1.82, 2.24) is 9.80 Å². The third-order valence-electron chi connectivity index (χ3n) is 4.75. The second-order valence-corrected chi connectivity index (χ2v) is 8.92. The largest absolute Gasteiger partial charge is 0.340 e. The second kappa shape index (κ2) is 6.61. The fourth-order valence-electron chi connectivity index (χ4n) is 3.44. The molecule has 1 aromatic rings. The maximum atomic E-state index is 12.4. The minimum absolute atomic E-state index is 0.0290. The molecular formula is C17H24N2O3S. The fraction of sp³-hybridized carbons (Fsp3) is 0.588. The van der Waals surface area contributed by atoms with Crippen LogP contribution in [0.5, 0.6) is 0 Å². The highest BCUT2D eigenvalue weighted by molar-refractivity contribution is 7.91. The number of hydrogen-bond acceptors (Lipinski definition) is 4. The minimum atomic E-state index is -2.99. The number of hydrogen-bond donors (Lipinski definition) is 0. The summed E-state index contributed by atoms with van der Waals surface area (Å²) in [5.74, 6) is -0.0869. The number of carbonyl (C=O) groups is 1. The summed E-state index contributed by atoms with van der Waals surface area (Å²) in [5, 5.41) is 0. The van der Waals surface area contributed by atoms with Crippen LogP contribution in [0.15, 0.2) is 24.3 Å². The van der Waals surface area contributed by atoms with Gasteiger partial charge >= 0.3 is 0 Å². The van der Waals surface area contributed by atoms with Crippen molar-refractivity contribution in [3.63, 3.8) is 0 Å². The molecule has 23 heavy (non-hydrogen) atoms. The number of rotatable bonds is 3. The summed E-state index contributed by atoms with van der Waals surface area (Å²) >= 11 is 0.